The third-order valence-corrected chi connectivity index (χ3v) is 2.44. The molecule has 70 valence electrons. The predicted octanol–water partition coefficient (Wildman–Crippen LogP) is -0.361. The minimum Gasteiger partial charge on any atom is -0.394 e. The minimum absolute atomic E-state index is 0.210. The number of aliphatic hydroxyl groups is 1. The van der Waals surface area contributed by atoms with E-state index in [1.807, 2.05) is 0 Å². The lowest BCUT2D eigenvalue weighted by Crippen LogP contribution is -2.26. The lowest BCUT2D eigenvalue weighted by atomic mass is 9.96. The number of rotatable bonds is 3. The highest BCUT2D eigenvalue weighted by Gasteiger charge is 2.35. The highest BCUT2D eigenvalue weighted by molar-refractivity contribution is 7.82. The second-order valence-electron chi connectivity index (χ2n) is 3.18. The number of hydrogen-bond donors (Lipinski definition) is 1. The fraction of sp³-hybridized carbons (Fsp3) is 1.00. The van der Waals surface area contributed by atoms with Crippen LogP contribution in [0.2, 0.25) is 0 Å². The quantitative estimate of drug-likeness (QED) is 0.498. The maximum atomic E-state index is 11.1. The van der Waals surface area contributed by atoms with Crippen LogP contribution in [0.25, 0.3) is 0 Å². The van der Waals surface area contributed by atoms with Crippen molar-refractivity contribution in [1.82, 2.24) is 0 Å². The smallest absolute Gasteiger partial charge is 0.202 e. The molecule has 0 saturated carbocycles. The van der Waals surface area contributed by atoms with Crippen molar-refractivity contribution in [3.63, 3.8) is 0 Å². The van der Waals surface area contributed by atoms with E-state index in [0.29, 0.717) is 6.42 Å². The van der Waals surface area contributed by atoms with Gasteiger partial charge in [-0.3, -0.25) is 0 Å². The minimum atomic E-state index is -3.04. The van der Waals surface area contributed by atoms with E-state index in [-0.39, 0.29) is 6.61 Å². The highest BCUT2D eigenvalue weighted by atomic mass is 31.2. The van der Waals surface area contributed by atoms with Gasteiger partial charge in [-0.25, -0.2) is 0 Å². The van der Waals surface area contributed by atoms with Crippen LogP contribution in [0, 0.1) is 0 Å². The molecule has 1 N–H and O–H groups in total. The molecular formula is C6H11B2O4P. The van der Waals surface area contributed by atoms with Gasteiger partial charge in [0.25, 0.3) is 0 Å². The molecule has 0 aromatic heterocycles. The summed E-state index contributed by atoms with van der Waals surface area (Å²) in [4.78, 5) is 0. The summed E-state index contributed by atoms with van der Waals surface area (Å²) < 4.78 is 21.3. The summed E-state index contributed by atoms with van der Waals surface area (Å²) >= 11 is 0. The molecule has 0 aromatic carbocycles. The van der Waals surface area contributed by atoms with Crippen molar-refractivity contribution in [3.05, 3.63) is 0 Å². The summed E-state index contributed by atoms with van der Waals surface area (Å²) in [5, 5.41) is 8.86. The molecule has 1 heterocycles. The van der Waals surface area contributed by atoms with Gasteiger partial charge in [0.15, 0.2) is 0 Å². The summed E-state index contributed by atoms with van der Waals surface area (Å²) in [6.45, 7) is 1.10. The Hall–Kier alpha value is 0.240. The second-order valence-corrected chi connectivity index (χ2v) is 5.21. The average molecular weight is 200 g/mol. The molecule has 0 aliphatic carbocycles. The second kappa shape index (κ2) is 4.18. The number of aliphatic hydroxyl groups excluding tert-OH is 1. The predicted molar refractivity (Wildman–Crippen MR) is 50.3 cm³/mol. The molecule has 4 nitrogen and oxygen atoms in total. The zero-order chi connectivity index (χ0) is 10.1. The van der Waals surface area contributed by atoms with Gasteiger partial charge in [0.1, 0.15) is 21.2 Å². The fourth-order valence-electron chi connectivity index (χ4n) is 1.29. The van der Waals surface area contributed by atoms with E-state index in [2.05, 4.69) is 0 Å². The van der Waals surface area contributed by atoms with Crippen molar-refractivity contribution in [1.29, 1.82) is 0 Å². The van der Waals surface area contributed by atoms with Crippen molar-refractivity contribution < 1.29 is 18.9 Å². The van der Waals surface area contributed by atoms with Gasteiger partial charge in [0.2, 0.25) is 7.57 Å². The summed E-state index contributed by atoms with van der Waals surface area (Å²) in [6, 6.07) is -0.478. The van der Waals surface area contributed by atoms with Crippen LogP contribution in [-0.4, -0.2) is 52.0 Å². The third-order valence-electron chi connectivity index (χ3n) is 1.75. The van der Waals surface area contributed by atoms with Crippen molar-refractivity contribution >= 4 is 22.7 Å². The lowest BCUT2D eigenvalue weighted by molar-refractivity contribution is 0.00539. The third kappa shape index (κ3) is 3.47. The normalized spacial score (nSPS) is 38.8. The molecule has 1 saturated heterocycles. The summed E-state index contributed by atoms with van der Waals surface area (Å²) in [6.07, 6.45) is -0.590. The van der Waals surface area contributed by atoms with E-state index in [1.165, 1.54) is 6.66 Å². The van der Waals surface area contributed by atoms with Crippen molar-refractivity contribution in [3.8, 4) is 0 Å². The van der Waals surface area contributed by atoms with Crippen LogP contribution in [0.3, 0.4) is 0 Å². The molecule has 1 fully saturated rings. The molecule has 0 amide bonds. The van der Waals surface area contributed by atoms with Gasteiger partial charge >= 0.3 is 0 Å². The first kappa shape index (κ1) is 11.3. The molecule has 1 aliphatic rings. The Morgan fingerprint density at radius 2 is 2.38 bits per heavy atom. The van der Waals surface area contributed by atoms with Gasteiger partial charge in [-0.2, -0.15) is 0 Å². The Labute approximate surface area is 80.2 Å². The Kier molecular flexibility index (Phi) is 3.64. The van der Waals surface area contributed by atoms with Gasteiger partial charge in [-0.15, -0.1) is 0 Å². The largest absolute Gasteiger partial charge is 0.394 e. The Bertz CT molecular complexity index is 219. The number of ether oxygens (including phenoxy) is 1. The molecule has 0 spiro atoms. The first-order chi connectivity index (χ1) is 5.92. The molecule has 0 aromatic rings. The molecule has 1 aliphatic heterocycles. The zero-order valence-electron chi connectivity index (χ0n) is 7.42. The van der Waals surface area contributed by atoms with Crippen LogP contribution < -0.4 is 0 Å². The fourth-order valence-corrected chi connectivity index (χ4v) is 2.05. The van der Waals surface area contributed by atoms with E-state index < -0.39 is 25.5 Å². The molecule has 1 rings (SSSR count). The Balaban J connectivity index is 2.54. The van der Waals surface area contributed by atoms with Gasteiger partial charge < -0.3 is 18.9 Å². The SMILES string of the molecule is [B][C@H]1C[C@@H](OP([B])(C)=O)C(CO)O1. The van der Waals surface area contributed by atoms with E-state index in [1.54, 1.807) is 0 Å². The summed E-state index contributed by atoms with van der Waals surface area (Å²) in [5.41, 5.74) is 0. The molecular weight excluding hydrogens is 189 g/mol. The summed E-state index contributed by atoms with van der Waals surface area (Å²) in [7, 11) is 7.66. The topological polar surface area (TPSA) is 55.8 Å². The standard InChI is InChI=1S/C6H11B2O4P/c1-13(8,10)12-4-2-6(7)11-5(4)3-9/h4-6,9H,2-3H2,1H3/t4-,5?,6-,13?/m1/s1. The van der Waals surface area contributed by atoms with Crippen LogP contribution in [0.1, 0.15) is 6.42 Å². The summed E-state index contributed by atoms with van der Waals surface area (Å²) in [5.74, 6) is 0. The lowest BCUT2D eigenvalue weighted by Gasteiger charge is -2.19. The highest BCUT2D eigenvalue weighted by Crippen LogP contribution is 2.41. The van der Waals surface area contributed by atoms with E-state index >= 15 is 0 Å². The zero-order valence-corrected chi connectivity index (χ0v) is 8.31. The van der Waals surface area contributed by atoms with E-state index in [4.69, 9.17) is 29.8 Å². The molecule has 0 bridgehead atoms. The van der Waals surface area contributed by atoms with Gasteiger partial charge in [-0.05, 0) is 6.42 Å². The monoisotopic (exact) mass is 200 g/mol. The van der Waals surface area contributed by atoms with E-state index in [9.17, 15) is 4.57 Å². The molecule has 2 unspecified atom stereocenters. The Morgan fingerprint density at radius 3 is 2.85 bits per heavy atom. The van der Waals surface area contributed by atoms with E-state index in [0.717, 1.165) is 0 Å². The van der Waals surface area contributed by atoms with Gasteiger partial charge in [0, 0.05) is 12.7 Å². The molecule has 4 atom stereocenters. The number of hydrogen-bond acceptors (Lipinski definition) is 4. The molecule has 4 radical (unpaired) electrons. The van der Waals surface area contributed by atoms with Crippen LogP contribution in [-0.2, 0) is 13.8 Å². The first-order valence-corrected chi connectivity index (χ1v) is 6.13. The maximum absolute atomic E-state index is 11.1. The maximum Gasteiger partial charge on any atom is 0.202 e. The van der Waals surface area contributed by atoms with Crippen molar-refractivity contribution in [2.24, 2.45) is 0 Å². The van der Waals surface area contributed by atoms with Crippen LogP contribution in [0.4, 0.5) is 0 Å². The first-order valence-electron chi connectivity index (χ1n) is 3.99. The van der Waals surface area contributed by atoms with Crippen molar-refractivity contribution in [2.75, 3.05) is 13.3 Å². The molecule has 7 heteroatoms. The average Bonchev–Trinajstić information content (AvgIpc) is 2.27. The molecule has 13 heavy (non-hydrogen) atoms. The van der Waals surface area contributed by atoms with Crippen LogP contribution >= 0.6 is 7.25 Å². The van der Waals surface area contributed by atoms with Gasteiger partial charge in [-0.1, -0.05) is 0 Å². The van der Waals surface area contributed by atoms with Crippen LogP contribution in [0.5, 0.6) is 0 Å². The van der Waals surface area contributed by atoms with Crippen LogP contribution in [0.15, 0.2) is 0 Å². The van der Waals surface area contributed by atoms with Crippen molar-refractivity contribution in [2.45, 2.75) is 24.6 Å². The van der Waals surface area contributed by atoms with Gasteiger partial charge in [0.05, 0.1) is 12.7 Å². The Morgan fingerprint density at radius 1 is 1.77 bits per heavy atom.